The van der Waals surface area contributed by atoms with Crippen molar-refractivity contribution in [3.05, 3.63) is 0 Å². The van der Waals surface area contributed by atoms with E-state index in [2.05, 4.69) is 0 Å². The maximum absolute atomic E-state index is 12.2. The number of amides is 1. The molecule has 1 fully saturated rings. The third-order valence-electron chi connectivity index (χ3n) is 3.30. The van der Waals surface area contributed by atoms with Crippen molar-refractivity contribution in [2.75, 3.05) is 19.7 Å². The average molecular weight is 310 g/mol. The minimum Gasteiger partial charge on any atom is -0.465 e. The van der Waals surface area contributed by atoms with Crippen molar-refractivity contribution in [1.29, 1.82) is 5.26 Å². The highest BCUT2D eigenvalue weighted by Crippen LogP contribution is 2.32. The fourth-order valence-electron chi connectivity index (χ4n) is 2.26. The van der Waals surface area contributed by atoms with E-state index in [-0.39, 0.29) is 38.3 Å². The molecule has 0 bridgehead atoms. The molecular formula is C15H22N2O5. The van der Waals surface area contributed by atoms with Gasteiger partial charge in [0.15, 0.2) is 11.2 Å². The molecule has 0 aromatic carbocycles. The van der Waals surface area contributed by atoms with Crippen LogP contribution in [-0.4, -0.2) is 48.0 Å². The fourth-order valence-corrected chi connectivity index (χ4v) is 2.26. The molecule has 1 amide bonds. The van der Waals surface area contributed by atoms with Crippen LogP contribution in [0.3, 0.4) is 0 Å². The first-order valence-electron chi connectivity index (χ1n) is 7.21. The van der Waals surface area contributed by atoms with Crippen LogP contribution in [0, 0.1) is 16.7 Å². The van der Waals surface area contributed by atoms with Crippen molar-refractivity contribution in [3.63, 3.8) is 0 Å². The van der Waals surface area contributed by atoms with Gasteiger partial charge in [0.25, 0.3) is 0 Å². The molecule has 0 saturated carbocycles. The number of esters is 1. The quantitative estimate of drug-likeness (QED) is 0.581. The molecule has 1 heterocycles. The van der Waals surface area contributed by atoms with Gasteiger partial charge in [-0.2, -0.15) is 5.26 Å². The lowest BCUT2D eigenvalue weighted by Crippen LogP contribution is -2.56. The molecule has 122 valence electrons. The molecule has 0 spiro atoms. The molecule has 1 aliphatic rings. The van der Waals surface area contributed by atoms with Crippen LogP contribution in [0.5, 0.6) is 0 Å². The Morgan fingerprint density at radius 3 is 2.55 bits per heavy atom. The molecule has 1 rings (SSSR count). The van der Waals surface area contributed by atoms with E-state index < -0.39 is 23.1 Å². The number of carbonyl (C=O) groups is 3. The van der Waals surface area contributed by atoms with Crippen molar-refractivity contribution >= 4 is 17.8 Å². The molecule has 7 heteroatoms. The summed E-state index contributed by atoms with van der Waals surface area (Å²) in [6.07, 6.45) is -0.921. The summed E-state index contributed by atoms with van der Waals surface area (Å²) in [6, 6.07) is 1.86. The van der Waals surface area contributed by atoms with E-state index in [1.165, 1.54) is 4.90 Å². The van der Waals surface area contributed by atoms with Crippen LogP contribution < -0.4 is 0 Å². The molecule has 1 aliphatic heterocycles. The summed E-state index contributed by atoms with van der Waals surface area (Å²) in [5.74, 6) is -1.12. The van der Waals surface area contributed by atoms with Gasteiger partial charge in [0.1, 0.15) is 5.60 Å². The minimum atomic E-state index is -1.61. The van der Waals surface area contributed by atoms with Gasteiger partial charge in [-0.1, -0.05) is 0 Å². The molecule has 1 saturated heterocycles. The van der Waals surface area contributed by atoms with Crippen LogP contribution in [-0.2, 0) is 19.1 Å². The zero-order valence-electron chi connectivity index (χ0n) is 13.5. The van der Waals surface area contributed by atoms with Crippen LogP contribution in [0.15, 0.2) is 0 Å². The van der Waals surface area contributed by atoms with E-state index in [1.807, 2.05) is 6.07 Å². The second-order valence-electron chi connectivity index (χ2n) is 6.21. The highest BCUT2D eigenvalue weighted by atomic mass is 16.6. The first-order valence-corrected chi connectivity index (χ1v) is 7.21. The second-order valence-corrected chi connectivity index (χ2v) is 6.21. The molecule has 7 nitrogen and oxygen atoms in total. The highest BCUT2D eigenvalue weighted by Gasteiger charge is 2.51. The number of hydrogen-bond acceptors (Lipinski definition) is 6. The average Bonchev–Trinajstić information content (AvgIpc) is 2.39. The smallest absolute Gasteiger partial charge is 0.410 e. The van der Waals surface area contributed by atoms with Crippen molar-refractivity contribution in [2.24, 2.45) is 5.41 Å². The van der Waals surface area contributed by atoms with Gasteiger partial charge in [0.05, 0.1) is 19.1 Å². The predicted octanol–water partition coefficient (Wildman–Crippen LogP) is 1.66. The van der Waals surface area contributed by atoms with E-state index in [0.29, 0.717) is 0 Å². The van der Waals surface area contributed by atoms with Crippen LogP contribution >= 0.6 is 0 Å². The lowest BCUT2D eigenvalue weighted by atomic mass is 9.76. The van der Waals surface area contributed by atoms with Gasteiger partial charge < -0.3 is 14.4 Å². The van der Waals surface area contributed by atoms with E-state index in [4.69, 9.17) is 14.7 Å². The first-order chi connectivity index (χ1) is 10.2. The molecule has 0 N–H and O–H groups in total. The molecule has 0 aromatic heterocycles. The molecular weight excluding hydrogens is 288 g/mol. The Hall–Kier alpha value is -2.10. The van der Waals surface area contributed by atoms with Gasteiger partial charge >= 0.3 is 12.1 Å². The second kappa shape index (κ2) is 6.77. The number of Topliss-reactive ketones (excluding diaryl/α,β-unsaturated/α-hetero) is 1. The normalized spacial score (nSPS) is 22.0. The Morgan fingerprint density at radius 1 is 1.41 bits per heavy atom. The lowest BCUT2D eigenvalue weighted by molar-refractivity contribution is -0.163. The van der Waals surface area contributed by atoms with E-state index in [0.717, 1.165) is 0 Å². The van der Waals surface area contributed by atoms with E-state index >= 15 is 0 Å². The number of piperidine rings is 1. The van der Waals surface area contributed by atoms with Crippen molar-refractivity contribution in [1.82, 2.24) is 4.90 Å². The number of hydrogen-bond donors (Lipinski definition) is 0. The van der Waals surface area contributed by atoms with Crippen LogP contribution in [0.4, 0.5) is 4.79 Å². The van der Waals surface area contributed by atoms with Crippen LogP contribution in [0.1, 0.15) is 40.5 Å². The summed E-state index contributed by atoms with van der Waals surface area (Å²) in [5.41, 5.74) is -2.29. The number of likely N-dealkylation sites (tertiary alicyclic amines) is 1. The maximum Gasteiger partial charge on any atom is 0.410 e. The zero-order chi connectivity index (χ0) is 17.0. The third-order valence-corrected chi connectivity index (χ3v) is 3.30. The Bertz CT molecular complexity index is 503. The summed E-state index contributed by atoms with van der Waals surface area (Å²) in [5, 5.41) is 8.99. The van der Waals surface area contributed by atoms with Gasteiger partial charge in [0.2, 0.25) is 0 Å². The summed E-state index contributed by atoms with van der Waals surface area (Å²) in [4.78, 5) is 37.9. The predicted molar refractivity (Wildman–Crippen MR) is 76.7 cm³/mol. The van der Waals surface area contributed by atoms with Crippen LogP contribution in [0.2, 0.25) is 0 Å². The van der Waals surface area contributed by atoms with E-state index in [9.17, 15) is 14.4 Å². The van der Waals surface area contributed by atoms with Gasteiger partial charge in [-0.05, 0) is 27.7 Å². The largest absolute Gasteiger partial charge is 0.465 e. The zero-order valence-corrected chi connectivity index (χ0v) is 13.5. The Balaban J connectivity index is 3.01. The summed E-state index contributed by atoms with van der Waals surface area (Å²) in [6.45, 7) is 6.89. The topological polar surface area (TPSA) is 96.7 Å². The van der Waals surface area contributed by atoms with Gasteiger partial charge in [-0.15, -0.1) is 0 Å². The number of ether oxygens (including phenoxy) is 2. The Kier molecular flexibility index (Phi) is 5.53. The SMILES string of the molecule is CCOC(=O)C1(CC#N)CN(C(=O)OC(C)(C)C)CCC1=O. The monoisotopic (exact) mass is 310 g/mol. The first kappa shape index (κ1) is 18.0. The number of carbonyl (C=O) groups excluding carboxylic acids is 3. The van der Waals surface area contributed by atoms with Crippen molar-refractivity contribution in [3.8, 4) is 6.07 Å². The molecule has 0 aromatic rings. The Labute approximate surface area is 130 Å². The standard InChI is InChI=1S/C15H22N2O5/c1-5-21-12(19)15(7-8-16)10-17(9-6-11(15)18)13(20)22-14(2,3)4/h5-7,9-10H2,1-4H3. The molecule has 22 heavy (non-hydrogen) atoms. The molecule has 1 atom stereocenters. The summed E-state index contributed by atoms with van der Waals surface area (Å²) < 4.78 is 10.2. The maximum atomic E-state index is 12.2. The minimum absolute atomic E-state index is 0.000261. The van der Waals surface area contributed by atoms with Crippen molar-refractivity contribution < 1.29 is 23.9 Å². The highest BCUT2D eigenvalue weighted by molar-refractivity contribution is 6.05. The van der Waals surface area contributed by atoms with Gasteiger partial charge in [-0.25, -0.2) is 4.79 Å². The summed E-state index contributed by atoms with van der Waals surface area (Å²) >= 11 is 0. The van der Waals surface area contributed by atoms with Crippen LogP contribution in [0.25, 0.3) is 0 Å². The number of rotatable bonds is 3. The molecule has 0 aliphatic carbocycles. The number of nitrogens with zero attached hydrogens (tertiary/aromatic N) is 2. The van der Waals surface area contributed by atoms with Crippen molar-refractivity contribution in [2.45, 2.75) is 46.1 Å². The van der Waals surface area contributed by atoms with Gasteiger partial charge in [0, 0.05) is 19.5 Å². The number of nitriles is 1. The third kappa shape index (κ3) is 3.97. The summed E-state index contributed by atoms with van der Waals surface area (Å²) in [7, 11) is 0. The van der Waals surface area contributed by atoms with E-state index in [1.54, 1.807) is 27.7 Å². The van der Waals surface area contributed by atoms with Gasteiger partial charge in [-0.3, -0.25) is 9.59 Å². The number of ketones is 1. The lowest BCUT2D eigenvalue weighted by Gasteiger charge is -2.38. The molecule has 0 radical (unpaired) electrons. The fraction of sp³-hybridized carbons (Fsp3) is 0.733. The molecule has 1 unspecified atom stereocenters. The Morgan fingerprint density at radius 2 is 2.05 bits per heavy atom.